The van der Waals surface area contributed by atoms with E-state index < -0.39 is 0 Å². The zero-order valence-corrected chi connectivity index (χ0v) is 17.5. The highest BCUT2D eigenvalue weighted by Crippen LogP contribution is 2.12. The molecule has 0 atom stereocenters. The van der Waals surface area contributed by atoms with Crippen molar-refractivity contribution in [3.05, 3.63) is 35.4 Å². The smallest absolute Gasteiger partial charge is 0.407 e. The van der Waals surface area contributed by atoms with Crippen molar-refractivity contribution < 1.29 is 19.1 Å². The average molecular weight is 405 g/mol. The molecule has 0 saturated heterocycles. The molecule has 0 aliphatic carbocycles. The van der Waals surface area contributed by atoms with Crippen LogP contribution in [0, 0.1) is 0 Å². The van der Waals surface area contributed by atoms with Gasteiger partial charge in [-0.2, -0.15) is 0 Å². The minimum atomic E-state index is -0.383. The fraction of sp³-hybridized carbons (Fsp3) is 0.652. The van der Waals surface area contributed by atoms with Crippen LogP contribution < -0.4 is 10.6 Å². The molecule has 162 valence electrons. The van der Waals surface area contributed by atoms with Gasteiger partial charge in [0.25, 0.3) is 0 Å². The molecule has 0 aromatic heterocycles. The molecule has 1 heterocycles. The molecule has 1 aliphatic rings. The molecule has 6 heteroatoms. The van der Waals surface area contributed by atoms with Crippen LogP contribution in [0.15, 0.2) is 24.3 Å². The summed E-state index contributed by atoms with van der Waals surface area (Å²) in [7, 11) is 0. The van der Waals surface area contributed by atoms with E-state index in [1.807, 2.05) is 24.3 Å². The van der Waals surface area contributed by atoms with Gasteiger partial charge in [0.2, 0.25) is 0 Å². The summed E-state index contributed by atoms with van der Waals surface area (Å²) in [6.07, 6.45) is 12.1. The predicted molar refractivity (Wildman–Crippen MR) is 114 cm³/mol. The number of nitrogens with one attached hydrogen (secondary N) is 2. The van der Waals surface area contributed by atoms with E-state index in [0.717, 1.165) is 36.8 Å². The van der Waals surface area contributed by atoms with Crippen molar-refractivity contribution in [1.29, 1.82) is 0 Å². The van der Waals surface area contributed by atoms with Gasteiger partial charge in [-0.1, -0.05) is 82.1 Å². The van der Waals surface area contributed by atoms with Gasteiger partial charge in [-0.05, 0) is 24.0 Å². The number of ether oxygens (including phenoxy) is 2. The first-order valence-corrected chi connectivity index (χ1v) is 11.1. The fourth-order valence-electron chi connectivity index (χ4n) is 3.42. The number of amides is 2. The Kier molecular flexibility index (Phi) is 11.7. The predicted octanol–water partition coefficient (Wildman–Crippen LogP) is 5.44. The van der Waals surface area contributed by atoms with Crippen molar-refractivity contribution in [1.82, 2.24) is 10.6 Å². The lowest BCUT2D eigenvalue weighted by molar-refractivity contribution is 0.142. The van der Waals surface area contributed by atoms with Gasteiger partial charge in [-0.25, -0.2) is 9.59 Å². The van der Waals surface area contributed by atoms with Gasteiger partial charge < -0.3 is 20.1 Å². The molecule has 0 radical (unpaired) electrons. The van der Waals surface area contributed by atoms with Crippen molar-refractivity contribution in [2.45, 2.75) is 83.7 Å². The first-order chi connectivity index (χ1) is 14.2. The summed E-state index contributed by atoms with van der Waals surface area (Å²) in [5.41, 5.74) is 1.92. The van der Waals surface area contributed by atoms with Gasteiger partial charge >= 0.3 is 12.2 Å². The number of benzene rings is 1. The van der Waals surface area contributed by atoms with Gasteiger partial charge in [0, 0.05) is 13.1 Å². The lowest BCUT2D eigenvalue weighted by Crippen LogP contribution is -2.25. The molecular weight excluding hydrogens is 368 g/mol. The summed E-state index contributed by atoms with van der Waals surface area (Å²) in [5.74, 6) is 0. The van der Waals surface area contributed by atoms with Gasteiger partial charge in [0.1, 0.15) is 0 Å². The maximum Gasteiger partial charge on any atom is 0.407 e. The maximum absolute atomic E-state index is 11.8. The average Bonchev–Trinajstić information content (AvgIpc) is 2.73. The molecule has 0 fully saturated rings. The highest BCUT2D eigenvalue weighted by Gasteiger charge is 2.05. The van der Waals surface area contributed by atoms with Crippen LogP contribution in [0.3, 0.4) is 0 Å². The zero-order valence-electron chi connectivity index (χ0n) is 17.5. The van der Waals surface area contributed by atoms with Crippen LogP contribution in [-0.4, -0.2) is 25.4 Å². The number of hydrogen-bond donors (Lipinski definition) is 2. The van der Waals surface area contributed by atoms with E-state index in [0.29, 0.717) is 26.3 Å². The van der Waals surface area contributed by atoms with E-state index in [1.165, 1.54) is 44.9 Å². The lowest BCUT2D eigenvalue weighted by atomic mass is 10.1. The summed E-state index contributed by atoms with van der Waals surface area (Å²) in [4.78, 5) is 23.6. The third-order valence-corrected chi connectivity index (χ3v) is 5.12. The van der Waals surface area contributed by atoms with Crippen LogP contribution in [0.2, 0.25) is 0 Å². The van der Waals surface area contributed by atoms with Gasteiger partial charge in [-0.15, -0.1) is 0 Å². The quantitative estimate of drug-likeness (QED) is 0.603. The van der Waals surface area contributed by atoms with Crippen molar-refractivity contribution in [3.63, 3.8) is 0 Å². The molecule has 29 heavy (non-hydrogen) atoms. The molecular formula is C23H36N2O4. The fourth-order valence-corrected chi connectivity index (χ4v) is 3.42. The standard InChI is InChI=1S/C23H36N2O4/c26-22-24-18-20-13-12-14-21(17-20)19-25-23(27)29-16-11-9-7-5-3-1-2-4-6-8-10-15-28-22/h12-14,17H,1-11,15-16,18-19H2,(H,24,26)(H,25,27). The number of fused-ring (bicyclic) bond motifs is 2. The minimum absolute atomic E-state index is 0.383. The number of cyclic esters (lactones) is 2. The van der Waals surface area contributed by atoms with Crippen molar-refractivity contribution in [3.8, 4) is 0 Å². The van der Waals surface area contributed by atoms with E-state index in [2.05, 4.69) is 10.6 Å². The van der Waals surface area contributed by atoms with E-state index in [-0.39, 0.29) is 12.2 Å². The molecule has 0 unspecified atom stereocenters. The van der Waals surface area contributed by atoms with Crippen LogP contribution in [0.25, 0.3) is 0 Å². The van der Waals surface area contributed by atoms with Gasteiger partial charge in [-0.3, -0.25) is 0 Å². The SMILES string of the molecule is O=C1NCc2cccc(c2)CNC(=O)OCCCCCCCCCCCCCO1. The molecule has 6 nitrogen and oxygen atoms in total. The first kappa shape index (κ1) is 23.0. The minimum Gasteiger partial charge on any atom is -0.450 e. The van der Waals surface area contributed by atoms with E-state index >= 15 is 0 Å². The monoisotopic (exact) mass is 404 g/mol. The zero-order chi connectivity index (χ0) is 20.6. The number of carbonyl (C=O) groups excluding carboxylic acids is 2. The Morgan fingerprint density at radius 1 is 0.586 bits per heavy atom. The second-order valence-corrected chi connectivity index (χ2v) is 7.69. The molecule has 2 rings (SSSR count). The Hall–Kier alpha value is -2.24. The Bertz CT molecular complexity index is 559. The maximum atomic E-state index is 11.8. The van der Waals surface area contributed by atoms with Crippen molar-refractivity contribution in [2.24, 2.45) is 0 Å². The molecule has 0 saturated carbocycles. The van der Waals surface area contributed by atoms with Gasteiger partial charge in [0.15, 0.2) is 0 Å². The molecule has 0 spiro atoms. The number of alkyl carbamates (subject to hydrolysis) is 2. The molecule has 1 aliphatic heterocycles. The van der Waals surface area contributed by atoms with Crippen LogP contribution in [-0.2, 0) is 22.6 Å². The summed E-state index contributed by atoms with van der Waals surface area (Å²) in [6, 6.07) is 7.74. The van der Waals surface area contributed by atoms with E-state index in [4.69, 9.17) is 9.47 Å². The Labute approximate surface area is 174 Å². The van der Waals surface area contributed by atoms with Crippen molar-refractivity contribution in [2.75, 3.05) is 13.2 Å². The first-order valence-electron chi connectivity index (χ1n) is 11.1. The summed E-state index contributed by atoms with van der Waals surface area (Å²) >= 11 is 0. The van der Waals surface area contributed by atoms with Crippen LogP contribution in [0.4, 0.5) is 9.59 Å². The third kappa shape index (κ3) is 11.4. The normalized spacial score (nSPS) is 19.6. The molecule has 2 bridgehead atoms. The highest BCUT2D eigenvalue weighted by molar-refractivity contribution is 5.67. The van der Waals surface area contributed by atoms with Crippen LogP contribution in [0.1, 0.15) is 81.8 Å². The number of hydrogen-bond acceptors (Lipinski definition) is 4. The summed E-state index contributed by atoms with van der Waals surface area (Å²) in [5, 5.41) is 5.55. The second kappa shape index (κ2) is 14.7. The van der Waals surface area contributed by atoms with Crippen LogP contribution >= 0.6 is 0 Å². The second-order valence-electron chi connectivity index (χ2n) is 7.69. The topological polar surface area (TPSA) is 76.7 Å². The molecule has 2 amide bonds. The van der Waals surface area contributed by atoms with E-state index in [9.17, 15) is 9.59 Å². The van der Waals surface area contributed by atoms with E-state index in [1.54, 1.807) is 0 Å². The lowest BCUT2D eigenvalue weighted by Gasteiger charge is -2.10. The van der Waals surface area contributed by atoms with Gasteiger partial charge in [0.05, 0.1) is 13.2 Å². The van der Waals surface area contributed by atoms with Crippen LogP contribution in [0.5, 0.6) is 0 Å². The molecule has 1 aromatic carbocycles. The Morgan fingerprint density at radius 2 is 0.966 bits per heavy atom. The summed E-state index contributed by atoms with van der Waals surface area (Å²) < 4.78 is 10.5. The Morgan fingerprint density at radius 3 is 1.38 bits per heavy atom. The molecule has 1 aromatic rings. The summed E-state index contributed by atoms with van der Waals surface area (Å²) in [6.45, 7) is 1.74. The van der Waals surface area contributed by atoms with Crippen molar-refractivity contribution >= 4 is 12.2 Å². The third-order valence-electron chi connectivity index (χ3n) is 5.12. The highest BCUT2D eigenvalue weighted by atomic mass is 16.6. The number of carbonyl (C=O) groups is 2. The Balaban J connectivity index is 1.78. The molecule has 2 N–H and O–H groups in total. The largest absolute Gasteiger partial charge is 0.450 e. The number of rotatable bonds is 0.